The summed E-state index contributed by atoms with van der Waals surface area (Å²) >= 11 is 1.42. The largest absolute Gasteiger partial charge is 0.623 e. The van der Waals surface area contributed by atoms with Gasteiger partial charge in [-0.15, -0.1) is 5.10 Å². The fraction of sp³-hybridized carbons (Fsp3) is 0.833. The summed E-state index contributed by atoms with van der Waals surface area (Å²) in [6.45, 7) is 6.34. The number of hydroxylamine groups is 2. The van der Waals surface area contributed by atoms with Crippen molar-refractivity contribution in [2.24, 2.45) is 0 Å². The molecule has 1 fully saturated rings. The van der Waals surface area contributed by atoms with E-state index in [1.54, 1.807) is 0 Å². The molecule has 0 N–H and O–H groups in total. The van der Waals surface area contributed by atoms with Gasteiger partial charge < -0.3 is 5.21 Å². The highest BCUT2D eigenvalue weighted by Crippen LogP contribution is 2.34. The van der Waals surface area contributed by atoms with Crippen molar-refractivity contribution in [3.8, 4) is 0 Å². The van der Waals surface area contributed by atoms with Crippen molar-refractivity contribution in [1.29, 1.82) is 0 Å². The molecule has 1 aromatic rings. The summed E-state index contributed by atoms with van der Waals surface area (Å²) in [5, 5.41) is 22.8. The lowest BCUT2D eigenvalue weighted by atomic mass is 10.3. The van der Waals surface area contributed by atoms with Gasteiger partial charge in [-0.3, -0.25) is 9.55 Å². The Labute approximate surface area is 118 Å². The van der Waals surface area contributed by atoms with Crippen LogP contribution < -0.4 is 4.65 Å². The van der Waals surface area contributed by atoms with Crippen LogP contribution in [0.4, 0.5) is 5.13 Å². The van der Waals surface area contributed by atoms with Gasteiger partial charge in [-0.2, -0.15) is 0 Å². The number of aryl methyl sites for hydroxylation is 1. The molecule has 1 aliphatic rings. The first-order valence-electron chi connectivity index (χ1n) is 6.75. The van der Waals surface area contributed by atoms with Crippen LogP contribution in [-0.2, 0) is 0 Å². The molecular formula is C12H23N5OS. The Balaban J connectivity index is 2.20. The number of hydrogen-bond acceptors (Lipinski definition) is 6. The number of aromatic nitrogens is 2. The SMILES string of the molecule is CCCCN1CC(N(C)C)[N+]([O-])(c2nnc(C)s2)C1. The summed E-state index contributed by atoms with van der Waals surface area (Å²) in [4.78, 5) is 4.26. The molecule has 0 aliphatic carbocycles. The summed E-state index contributed by atoms with van der Waals surface area (Å²) < 4.78 is -0.387. The van der Waals surface area contributed by atoms with Crippen molar-refractivity contribution in [2.45, 2.75) is 32.9 Å². The Hall–Kier alpha value is -0.600. The molecule has 0 spiro atoms. The summed E-state index contributed by atoms with van der Waals surface area (Å²) in [7, 11) is 3.93. The normalized spacial score (nSPS) is 28.4. The molecule has 0 bridgehead atoms. The maximum atomic E-state index is 13.2. The molecule has 2 rings (SSSR count). The van der Waals surface area contributed by atoms with Crippen molar-refractivity contribution in [3.63, 3.8) is 0 Å². The number of hydrogen-bond donors (Lipinski definition) is 0. The zero-order chi connectivity index (χ0) is 14.0. The minimum absolute atomic E-state index is 0.0933. The molecule has 0 saturated carbocycles. The number of nitrogens with zero attached hydrogens (tertiary/aromatic N) is 5. The Morgan fingerprint density at radius 3 is 2.74 bits per heavy atom. The molecule has 19 heavy (non-hydrogen) atoms. The molecule has 2 unspecified atom stereocenters. The van der Waals surface area contributed by atoms with Crippen LogP contribution in [0.15, 0.2) is 0 Å². The van der Waals surface area contributed by atoms with E-state index < -0.39 is 0 Å². The topological polar surface area (TPSA) is 55.3 Å². The molecule has 1 aliphatic heterocycles. The van der Waals surface area contributed by atoms with Gasteiger partial charge >= 0.3 is 5.13 Å². The highest BCUT2D eigenvalue weighted by Gasteiger charge is 2.44. The lowest BCUT2D eigenvalue weighted by Crippen LogP contribution is -2.55. The Bertz CT molecular complexity index is 424. The third-order valence-electron chi connectivity index (χ3n) is 3.58. The molecule has 108 valence electrons. The molecular weight excluding hydrogens is 262 g/mol. The Morgan fingerprint density at radius 2 is 2.21 bits per heavy atom. The van der Waals surface area contributed by atoms with E-state index in [2.05, 4.69) is 22.0 Å². The molecule has 0 radical (unpaired) electrons. The first kappa shape index (κ1) is 14.8. The van der Waals surface area contributed by atoms with E-state index >= 15 is 0 Å². The minimum Gasteiger partial charge on any atom is -0.623 e. The number of quaternary nitrogens is 1. The van der Waals surface area contributed by atoms with Crippen molar-refractivity contribution in [3.05, 3.63) is 10.2 Å². The summed E-state index contributed by atoms with van der Waals surface area (Å²) in [6, 6.07) is 0. The van der Waals surface area contributed by atoms with Crippen molar-refractivity contribution >= 4 is 16.5 Å². The Morgan fingerprint density at radius 1 is 1.47 bits per heavy atom. The monoisotopic (exact) mass is 285 g/mol. The fourth-order valence-corrected chi connectivity index (χ4v) is 3.28. The van der Waals surface area contributed by atoms with E-state index in [4.69, 9.17) is 0 Å². The average Bonchev–Trinajstić information content (AvgIpc) is 2.92. The minimum atomic E-state index is -0.387. The van der Waals surface area contributed by atoms with Gasteiger partial charge in [-0.1, -0.05) is 18.4 Å². The van der Waals surface area contributed by atoms with Gasteiger partial charge in [0.1, 0.15) is 11.7 Å². The zero-order valence-corrected chi connectivity index (χ0v) is 13.0. The van der Waals surface area contributed by atoms with E-state index in [-0.39, 0.29) is 10.8 Å². The maximum Gasteiger partial charge on any atom is 0.309 e. The lowest BCUT2D eigenvalue weighted by Gasteiger charge is -2.41. The van der Waals surface area contributed by atoms with Crippen molar-refractivity contribution < 1.29 is 0 Å². The van der Waals surface area contributed by atoms with Crippen LogP contribution in [0.1, 0.15) is 24.8 Å². The fourth-order valence-electron chi connectivity index (χ4n) is 2.52. The maximum absolute atomic E-state index is 13.2. The van der Waals surface area contributed by atoms with Crippen molar-refractivity contribution in [1.82, 2.24) is 24.6 Å². The van der Waals surface area contributed by atoms with E-state index in [1.807, 2.05) is 25.9 Å². The van der Waals surface area contributed by atoms with Gasteiger partial charge in [0.15, 0.2) is 6.17 Å². The Kier molecular flexibility index (Phi) is 4.52. The number of likely N-dealkylation sites (N-methyl/N-ethyl adjacent to an activating group) is 1. The molecule has 1 saturated heterocycles. The van der Waals surface area contributed by atoms with E-state index in [9.17, 15) is 5.21 Å². The summed E-state index contributed by atoms with van der Waals surface area (Å²) in [5.41, 5.74) is 0. The van der Waals surface area contributed by atoms with E-state index in [0.29, 0.717) is 11.8 Å². The highest BCUT2D eigenvalue weighted by molar-refractivity contribution is 7.15. The molecule has 2 atom stereocenters. The summed E-state index contributed by atoms with van der Waals surface area (Å²) in [5.74, 6) is 0. The van der Waals surface area contributed by atoms with Gasteiger partial charge in [0.25, 0.3) is 0 Å². The number of unbranched alkanes of at least 4 members (excludes halogenated alkanes) is 1. The van der Waals surface area contributed by atoms with E-state index in [1.165, 1.54) is 11.3 Å². The highest BCUT2D eigenvalue weighted by atomic mass is 32.1. The molecule has 1 aromatic heterocycles. The molecule has 2 heterocycles. The van der Waals surface area contributed by atoms with Gasteiger partial charge in [-0.05, 0) is 38.8 Å². The van der Waals surface area contributed by atoms with Gasteiger partial charge in [-0.25, -0.2) is 4.90 Å². The molecule has 6 nitrogen and oxygen atoms in total. The van der Waals surface area contributed by atoms with Crippen LogP contribution >= 0.6 is 11.3 Å². The molecule has 0 amide bonds. The second-order valence-corrected chi connectivity index (χ2v) is 6.58. The van der Waals surface area contributed by atoms with Crippen LogP contribution in [0.5, 0.6) is 0 Å². The van der Waals surface area contributed by atoms with Crippen LogP contribution in [-0.4, -0.2) is 60.0 Å². The first-order valence-corrected chi connectivity index (χ1v) is 7.57. The predicted molar refractivity (Wildman–Crippen MR) is 78.6 cm³/mol. The van der Waals surface area contributed by atoms with Gasteiger partial charge in [0.2, 0.25) is 0 Å². The quantitative estimate of drug-likeness (QED) is 0.608. The van der Waals surface area contributed by atoms with E-state index in [0.717, 1.165) is 30.9 Å². The predicted octanol–water partition coefficient (Wildman–Crippen LogP) is 1.61. The van der Waals surface area contributed by atoms with Crippen LogP contribution in [0.25, 0.3) is 0 Å². The third kappa shape index (κ3) is 2.95. The van der Waals surface area contributed by atoms with Crippen LogP contribution in [0.3, 0.4) is 0 Å². The molecule has 7 heteroatoms. The van der Waals surface area contributed by atoms with Gasteiger partial charge in [0.05, 0.1) is 6.54 Å². The standard InChI is InChI=1S/C12H23N5OS/c1-5-6-7-16-8-11(15(3)4)17(18,9-16)12-14-13-10(2)19-12/h11H,5-9H2,1-4H3. The third-order valence-corrected chi connectivity index (χ3v) is 4.53. The average molecular weight is 285 g/mol. The lowest BCUT2D eigenvalue weighted by molar-refractivity contribution is 0.177. The van der Waals surface area contributed by atoms with Crippen LogP contribution in [0.2, 0.25) is 0 Å². The summed E-state index contributed by atoms with van der Waals surface area (Å²) in [6.07, 6.45) is 2.19. The van der Waals surface area contributed by atoms with Crippen molar-refractivity contribution in [2.75, 3.05) is 33.9 Å². The number of rotatable bonds is 5. The second kappa shape index (κ2) is 5.80. The smallest absolute Gasteiger partial charge is 0.309 e. The zero-order valence-electron chi connectivity index (χ0n) is 12.2. The van der Waals surface area contributed by atoms with Gasteiger partial charge in [0, 0.05) is 6.54 Å². The van der Waals surface area contributed by atoms with Crippen LogP contribution in [0, 0.1) is 12.1 Å². The molecule has 0 aromatic carbocycles. The second-order valence-electron chi connectivity index (χ2n) is 5.42. The first-order chi connectivity index (χ1) is 8.97.